The molecule has 0 spiro atoms. The van der Waals surface area contributed by atoms with Crippen LogP contribution in [0.15, 0.2) is 35.2 Å². The summed E-state index contributed by atoms with van der Waals surface area (Å²) in [6.07, 6.45) is 3.44. The van der Waals surface area contributed by atoms with E-state index in [2.05, 4.69) is 15.6 Å². The quantitative estimate of drug-likeness (QED) is 0.744. The molecule has 0 aliphatic heterocycles. The molecule has 2 atom stereocenters. The molecule has 0 saturated heterocycles. The Kier molecular flexibility index (Phi) is 7.03. The second-order valence-corrected chi connectivity index (χ2v) is 8.21. The molecule has 7 heteroatoms. The van der Waals surface area contributed by atoms with Crippen molar-refractivity contribution in [2.24, 2.45) is 5.92 Å². The number of ether oxygens (including phenoxy) is 1. The van der Waals surface area contributed by atoms with Crippen LogP contribution in [-0.4, -0.2) is 28.9 Å². The Balaban J connectivity index is 1.50. The van der Waals surface area contributed by atoms with Gasteiger partial charge >= 0.3 is 0 Å². The van der Waals surface area contributed by atoms with Gasteiger partial charge in [0, 0.05) is 28.9 Å². The standard InChI is InChI=1S/C21H27N3O3S/c1-14(2)23-21(26)16-4-3-5-17(10-16)24-20(25)15-6-8-19(9-7-15)27-11-18-12-28-13-22-18/h6-9,12-14,16-17H,3-5,10-11H2,1-2H3,(H,23,26)(H,24,25). The SMILES string of the molecule is CC(C)NC(=O)C1CCCC(NC(=O)c2ccc(OCc3cscn3)cc2)C1. The monoisotopic (exact) mass is 401 g/mol. The van der Waals surface area contributed by atoms with Crippen LogP contribution in [0.4, 0.5) is 0 Å². The van der Waals surface area contributed by atoms with Crippen LogP contribution in [-0.2, 0) is 11.4 Å². The molecule has 28 heavy (non-hydrogen) atoms. The number of nitrogens with zero attached hydrogens (tertiary/aromatic N) is 1. The molecule has 150 valence electrons. The van der Waals surface area contributed by atoms with E-state index in [9.17, 15) is 9.59 Å². The molecule has 1 aromatic carbocycles. The third-order valence-corrected chi connectivity index (χ3v) is 5.43. The summed E-state index contributed by atoms with van der Waals surface area (Å²) in [6.45, 7) is 4.34. The number of carbonyl (C=O) groups is 2. The van der Waals surface area contributed by atoms with Gasteiger partial charge in [0.25, 0.3) is 5.91 Å². The van der Waals surface area contributed by atoms with E-state index in [0.29, 0.717) is 24.3 Å². The lowest BCUT2D eigenvalue weighted by Crippen LogP contribution is -2.43. The third-order valence-electron chi connectivity index (χ3n) is 4.80. The largest absolute Gasteiger partial charge is 0.487 e. The maximum absolute atomic E-state index is 12.6. The van der Waals surface area contributed by atoms with E-state index < -0.39 is 0 Å². The van der Waals surface area contributed by atoms with Crippen LogP contribution in [0.2, 0.25) is 0 Å². The number of rotatable bonds is 7. The molecular weight excluding hydrogens is 374 g/mol. The fourth-order valence-electron chi connectivity index (χ4n) is 3.40. The average Bonchev–Trinajstić information content (AvgIpc) is 3.20. The van der Waals surface area contributed by atoms with E-state index >= 15 is 0 Å². The number of thiazole rings is 1. The van der Waals surface area contributed by atoms with E-state index in [1.807, 2.05) is 19.2 Å². The topological polar surface area (TPSA) is 80.3 Å². The molecule has 3 rings (SSSR count). The first kappa shape index (κ1) is 20.3. The summed E-state index contributed by atoms with van der Waals surface area (Å²) in [6, 6.07) is 7.28. The summed E-state index contributed by atoms with van der Waals surface area (Å²) < 4.78 is 5.68. The Morgan fingerprint density at radius 1 is 1.25 bits per heavy atom. The van der Waals surface area contributed by atoms with Crippen molar-refractivity contribution in [2.75, 3.05) is 0 Å². The summed E-state index contributed by atoms with van der Waals surface area (Å²) in [5.74, 6) is 0.659. The first-order valence-corrected chi connectivity index (χ1v) is 10.7. The van der Waals surface area contributed by atoms with Crippen LogP contribution in [0.25, 0.3) is 0 Å². The van der Waals surface area contributed by atoms with Crippen LogP contribution in [0.1, 0.15) is 55.6 Å². The maximum atomic E-state index is 12.6. The minimum Gasteiger partial charge on any atom is -0.487 e. The molecule has 1 heterocycles. The van der Waals surface area contributed by atoms with Gasteiger partial charge in [0.05, 0.1) is 11.2 Å². The van der Waals surface area contributed by atoms with Gasteiger partial charge in [-0.3, -0.25) is 9.59 Å². The first-order chi connectivity index (χ1) is 13.5. The van der Waals surface area contributed by atoms with Gasteiger partial charge in [-0.15, -0.1) is 11.3 Å². The van der Waals surface area contributed by atoms with Crippen molar-refractivity contribution < 1.29 is 14.3 Å². The second-order valence-electron chi connectivity index (χ2n) is 7.49. The van der Waals surface area contributed by atoms with Gasteiger partial charge < -0.3 is 15.4 Å². The highest BCUT2D eigenvalue weighted by Crippen LogP contribution is 2.25. The van der Waals surface area contributed by atoms with Crippen molar-refractivity contribution in [3.8, 4) is 5.75 Å². The molecule has 1 aromatic heterocycles. The minimum atomic E-state index is -0.110. The van der Waals surface area contributed by atoms with Crippen LogP contribution in [0, 0.1) is 5.92 Å². The van der Waals surface area contributed by atoms with Gasteiger partial charge in [0.2, 0.25) is 5.91 Å². The van der Waals surface area contributed by atoms with Crippen LogP contribution in [0.3, 0.4) is 0 Å². The van der Waals surface area contributed by atoms with Crippen molar-refractivity contribution in [3.05, 3.63) is 46.4 Å². The molecule has 2 aromatic rings. The van der Waals surface area contributed by atoms with E-state index in [1.165, 1.54) is 11.3 Å². The molecule has 1 fully saturated rings. The van der Waals surface area contributed by atoms with Gasteiger partial charge in [-0.1, -0.05) is 6.42 Å². The van der Waals surface area contributed by atoms with Crippen LogP contribution < -0.4 is 15.4 Å². The van der Waals surface area contributed by atoms with Gasteiger partial charge in [-0.25, -0.2) is 4.98 Å². The molecule has 2 unspecified atom stereocenters. The third kappa shape index (κ3) is 5.79. The normalized spacial score (nSPS) is 19.2. The van der Waals surface area contributed by atoms with E-state index in [4.69, 9.17) is 4.74 Å². The van der Waals surface area contributed by atoms with Crippen LogP contribution >= 0.6 is 11.3 Å². The molecule has 1 aliphatic rings. The van der Waals surface area contributed by atoms with Gasteiger partial charge in [0.15, 0.2) is 0 Å². The van der Waals surface area contributed by atoms with Crippen molar-refractivity contribution in [1.82, 2.24) is 15.6 Å². The smallest absolute Gasteiger partial charge is 0.251 e. The summed E-state index contributed by atoms with van der Waals surface area (Å²) in [5, 5.41) is 8.00. The van der Waals surface area contributed by atoms with Gasteiger partial charge in [0.1, 0.15) is 12.4 Å². The number of aromatic nitrogens is 1. The summed E-state index contributed by atoms with van der Waals surface area (Å²) in [4.78, 5) is 29.0. The molecule has 2 N–H and O–H groups in total. The second kappa shape index (κ2) is 9.68. The Labute approximate surface area is 169 Å². The lowest BCUT2D eigenvalue weighted by atomic mass is 9.85. The number of hydrogen-bond acceptors (Lipinski definition) is 5. The Hall–Kier alpha value is -2.41. The average molecular weight is 402 g/mol. The molecule has 0 bridgehead atoms. The lowest BCUT2D eigenvalue weighted by molar-refractivity contribution is -0.126. The van der Waals surface area contributed by atoms with Crippen molar-refractivity contribution in [2.45, 2.75) is 58.2 Å². The van der Waals surface area contributed by atoms with Crippen molar-refractivity contribution in [3.63, 3.8) is 0 Å². The Bertz CT molecular complexity index is 775. The predicted molar refractivity (Wildman–Crippen MR) is 109 cm³/mol. The molecular formula is C21H27N3O3S. The molecule has 6 nitrogen and oxygen atoms in total. The predicted octanol–water partition coefficient (Wildman–Crippen LogP) is 3.54. The number of hydrogen-bond donors (Lipinski definition) is 2. The molecule has 0 radical (unpaired) electrons. The summed E-state index contributed by atoms with van der Waals surface area (Å²) in [5.41, 5.74) is 3.25. The van der Waals surface area contributed by atoms with Crippen molar-refractivity contribution >= 4 is 23.2 Å². The molecule has 2 amide bonds. The molecule has 1 saturated carbocycles. The number of carbonyl (C=O) groups excluding carboxylic acids is 2. The number of benzene rings is 1. The Morgan fingerprint density at radius 3 is 2.71 bits per heavy atom. The van der Waals surface area contributed by atoms with Crippen LogP contribution in [0.5, 0.6) is 5.75 Å². The zero-order valence-electron chi connectivity index (χ0n) is 16.3. The van der Waals surface area contributed by atoms with E-state index in [-0.39, 0.29) is 29.8 Å². The molecule has 1 aliphatic carbocycles. The van der Waals surface area contributed by atoms with Gasteiger partial charge in [-0.05, 0) is 57.4 Å². The van der Waals surface area contributed by atoms with E-state index in [0.717, 1.165) is 25.0 Å². The Morgan fingerprint density at radius 2 is 2.04 bits per heavy atom. The summed E-state index contributed by atoms with van der Waals surface area (Å²) in [7, 11) is 0. The highest BCUT2D eigenvalue weighted by Gasteiger charge is 2.28. The minimum absolute atomic E-state index is 0.0251. The number of amides is 2. The zero-order valence-corrected chi connectivity index (χ0v) is 17.1. The zero-order chi connectivity index (χ0) is 19.9. The van der Waals surface area contributed by atoms with Gasteiger partial charge in [-0.2, -0.15) is 0 Å². The van der Waals surface area contributed by atoms with E-state index in [1.54, 1.807) is 29.8 Å². The highest BCUT2D eigenvalue weighted by molar-refractivity contribution is 7.07. The fraction of sp³-hybridized carbons (Fsp3) is 0.476. The summed E-state index contributed by atoms with van der Waals surface area (Å²) >= 11 is 1.53. The number of nitrogens with one attached hydrogen (secondary N) is 2. The fourth-order valence-corrected chi connectivity index (χ4v) is 3.94. The first-order valence-electron chi connectivity index (χ1n) is 9.72. The lowest BCUT2D eigenvalue weighted by Gasteiger charge is -2.29. The van der Waals surface area contributed by atoms with Crippen molar-refractivity contribution in [1.29, 1.82) is 0 Å². The maximum Gasteiger partial charge on any atom is 0.251 e. The highest BCUT2D eigenvalue weighted by atomic mass is 32.1.